The van der Waals surface area contributed by atoms with Crippen LogP contribution in [0.25, 0.3) is 0 Å². The molecule has 1 saturated heterocycles. The second-order valence-electron chi connectivity index (χ2n) is 3.88. The van der Waals surface area contributed by atoms with Crippen LogP contribution in [0.4, 0.5) is 0 Å². The van der Waals surface area contributed by atoms with Crippen molar-refractivity contribution in [2.24, 2.45) is 0 Å². The summed E-state index contributed by atoms with van der Waals surface area (Å²) in [6, 6.07) is 1.87. The van der Waals surface area contributed by atoms with Gasteiger partial charge < -0.3 is 9.64 Å². The minimum atomic E-state index is 0.100. The van der Waals surface area contributed by atoms with E-state index >= 15 is 0 Å². The second kappa shape index (κ2) is 5.82. The van der Waals surface area contributed by atoms with Gasteiger partial charge in [-0.05, 0) is 44.3 Å². The Kier molecular flexibility index (Phi) is 4.63. The molecule has 3 nitrogen and oxygen atoms in total. The molecule has 1 amide bonds. The van der Waals surface area contributed by atoms with Crippen LogP contribution < -0.4 is 0 Å². The Balaban J connectivity index is 2.09. The summed E-state index contributed by atoms with van der Waals surface area (Å²) in [5, 5.41) is 0. The van der Waals surface area contributed by atoms with E-state index in [2.05, 4.69) is 38.8 Å². The van der Waals surface area contributed by atoms with E-state index in [4.69, 9.17) is 4.74 Å². The first kappa shape index (κ1) is 13.5. The summed E-state index contributed by atoms with van der Waals surface area (Å²) in [6.07, 6.45) is 1.13. The molecule has 1 fully saturated rings. The Morgan fingerprint density at radius 2 is 2.41 bits per heavy atom. The van der Waals surface area contributed by atoms with Gasteiger partial charge in [0.2, 0.25) is 0 Å². The lowest BCUT2D eigenvalue weighted by Gasteiger charge is -2.32. The molecule has 0 radical (unpaired) electrons. The molecule has 1 unspecified atom stereocenters. The molecule has 17 heavy (non-hydrogen) atoms. The van der Waals surface area contributed by atoms with E-state index < -0.39 is 0 Å². The monoisotopic (exact) mass is 381 g/mol. The second-order valence-corrected chi connectivity index (χ2v) is 7.11. The van der Waals surface area contributed by atoms with Gasteiger partial charge >= 0.3 is 0 Å². The third-order valence-corrected chi connectivity index (χ3v) is 5.98. The van der Waals surface area contributed by atoms with Crippen molar-refractivity contribution >= 4 is 49.1 Å². The minimum absolute atomic E-state index is 0.100. The molecule has 0 aromatic carbocycles. The summed E-state index contributed by atoms with van der Waals surface area (Å²) >= 11 is 8.27. The number of carbonyl (C=O) groups is 1. The van der Waals surface area contributed by atoms with E-state index in [1.807, 2.05) is 11.0 Å². The Morgan fingerprint density at radius 3 is 3.00 bits per heavy atom. The fraction of sp³-hybridized carbons (Fsp3) is 0.545. The van der Waals surface area contributed by atoms with E-state index in [0.29, 0.717) is 19.7 Å². The van der Waals surface area contributed by atoms with Gasteiger partial charge in [0.15, 0.2) is 0 Å². The fourth-order valence-electron chi connectivity index (χ4n) is 1.76. The summed E-state index contributed by atoms with van der Waals surface area (Å²) in [4.78, 5) is 14.9. The SMILES string of the molecule is CCC1CN(C(=O)c2cc(Br)c(Br)s2)CCO1. The van der Waals surface area contributed by atoms with Gasteiger partial charge in [0.1, 0.15) is 0 Å². The molecular formula is C11H13Br2NO2S. The molecule has 2 heterocycles. The highest BCUT2D eigenvalue weighted by Crippen LogP contribution is 2.33. The van der Waals surface area contributed by atoms with Gasteiger partial charge in [-0.1, -0.05) is 6.92 Å². The summed E-state index contributed by atoms with van der Waals surface area (Å²) in [6.45, 7) is 4.10. The van der Waals surface area contributed by atoms with Crippen LogP contribution in [0.1, 0.15) is 23.0 Å². The van der Waals surface area contributed by atoms with Crippen LogP contribution in [0.15, 0.2) is 14.3 Å². The first-order valence-electron chi connectivity index (χ1n) is 5.47. The van der Waals surface area contributed by atoms with Crippen LogP contribution in [0.3, 0.4) is 0 Å². The predicted octanol–water partition coefficient (Wildman–Crippen LogP) is 3.52. The van der Waals surface area contributed by atoms with Gasteiger partial charge in [-0.2, -0.15) is 0 Å². The average Bonchev–Trinajstić information content (AvgIpc) is 2.69. The van der Waals surface area contributed by atoms with Crippen LogP contribution in [-0.2, 0) is 4.74 Å². The highest BCUT2D eigenvalue weighted by atomic mass is 79.9. The number of carbonyl (C=O) groups excluding carboxylic acids is 1. The normalized spacial score (nSPS) is 20.6. The molecule has 1 atom stereocenters. The molecule has 0 spiro atoms. The fourth-order valence-corrected chi connectivity index (χ4v) is 3.76. The third kappa shape index (κ3) is 3.10. The largest absolute Gasteiger partial charge is 0.375 e. The lowest BCUT2D eigenvalue weighted by Crippen LogP contribution is -2.45. The summed E-state index contributed by atoms with van der Waals surface area (Å²) < 4.78 is 7.46. The summed E-state index contributed by atoms with van der Waals surface area (Å²) in [5.41, 5.74) is 0. The van der Waals surface area contributed by atoms with Crippen molar-refractivity contribution in [2.75, 3.05) is 19.7 Å². The molecule has 0 aliphatic carbocycles. The number of thiophene rings is 1. The zero-order chi connectivity index (χ0) is 12.4. The Hall–Kier alpha value is 0.0900. The number of hydrogen-bond acceptors (Lipinski definition) is 3. The van der Waals surface area contributed by atoms with Gasteiger partial charge in [0.05, 0.1) is 21.4 Å². The minimum Gasteiger partial charge on any atom is -0.375 e. The Labute approximate surface area is 121 Å². The van der Waals surface area contributed by atoms with Gasteiger partial charge in [-0.3, -0.25) is 4.79 Å². The van der Waals surface area contributed by atoms with E-state index in [1.54, 1.807) is 0 Å². The van der Waals surface area contributed by atoms with E-state index in [0.717, 1.165) is 19.6 Å². The van der Waals surface area contributed by atoms with Crippen LogP contribution in [0, 0.1) is 0 Å². The molecule has 1 aliphatic rings. The standard InChI is InChI=1S/C11H13Br2NO2S/c1-2-7-6-14(3-4-16-7)11(15)9-5-8(12)10(13)17-9/h5,7H,2-4,6H2,1H3. The van der Waals surface area contributed by atoms with E-state index in [9.17, 15) is 4.79 Å². The van der Waals surface area contributed by atoms with Gasteiger partial charge in [-0.25, -0.2) is 0 Å². The number of nitrogens with zero attached hydrogens (tertiary/aromatic N) is 1. The molecule has 94 valence electrons. The highest BCUT2D eigenvalue weighted by molar-refractivity contribution is 9.13. The highest BCUT2D eigenvalue weighted by Gasteiger charge is 2.25. The van der Waals surface area contributed by atoms with Crippen molar-refractivity contribution in [3.05, 3.63) is 19.2 Å². The van der Waals surface area contributed by atoms with Crippen molar-refractivity contribution in [3.63, 3.8) is 0 Å². The van der Waals surface area contributed by atoms with E-state index in [-0.39, 0.29) is 12.0 Å². The molecule has 1 aromatic rings. The zero-order valence-corrected chi connectivity index (χ0v) is 13.4. The average molecular weight is 383 g/mol. The van der Waals surface area contributed by atoms with Crippen LogP contribution in [-0.4, -0.2) is 36.6 Å². The number of hydrogen-bond donors (Lipinski definition) is 0. The first-order chi connectivity index (χ1) is 8.11. The zero-order valence-electron chi connectivity index (χ0n) is 9.41. The molecule has 0 bridgehead atoms. The van der Waals surface area contributed by atoms with Crippen molar-refractivity contribution in [2.45, 2.75) is 19.4 Å². The molecule has 0 saturated carbocycles. The lowest BCUT2D eigenvalue weighted by atomic mass is 10.2. The van der Waals surface area contributed by atoms with Crippen molar-refractivity contribution < 1.29 is 9.53 Å². The molecule has 0 N–H and O–H groups in total. The molecule has 2 rings (SSSR count). The van der Waals surface area contributed by atoms with Crippen molar-refractivity contribution in [3.8, 4) is 0 Å². The number of rotatable bonds is 2. The molecule has 1 aromatic heterocycles. The topological polar surface area (TPSA) is 29.5 Å². The summed E-state index contributed by atoms with van der Waals surface area (Å²) in [7, 11) is 0. The lowest BCUT2D eigenvalue weighted by molar-refractivity contribution is -0.0224. The van der Waals surface area contributed by atoms with Gasteiger partial charge in [0.25, 0.3) is 5.91 Å². The number of halogens is 2. The van der Waals surface area contributed by atoms with Crippen LogP contribution in [0.5, 0.6) is 0 Å². The maximum Gasteiger partial charge on any atom is 0.264 e. The molecular weight excluding hydrogens is 370 g/mol. The smallest absolute Gasteiger partial charge is 0.264 e. The maximum absolute atomic E-state index is 12.3. The predicted molar refractivity (Wildman–Crippen MR) is 75.7 cm³/mol. The molecule has 1 aliphatic heterocycles. The Bertz CT molecular complexity index is 402. The number of amides is 1. The van der Waals surface area contributed by atoms with Gasteiger partial charge in [-0.15, -0.1) is 11.3 Å². The summed E-state index contributed by atoms with van der Waals surface area (Å²) in [5.74, 6) is 0.100. The van der Waals surface area contributed by atoms with Gasteiger partial charge in [0, 0.05) is 17.6 Å². The number of morpholine rings is 1. The molecule has 6 heteroatoms. The van der Waals surface area contributed by atoms with Crippen LogP contribution in [0.2, 0.25) is 0 Å². The quantitative estimate of drug-likeness (QED) is 0.783. The van der Waals surface area contributed by atoms with Crippen LogP contribution >= 0.6 is 43.2 Å². The first-order valence-corrected chi connectivity index (χ1v) is 7.87. The Morgan fingerprint density at radius 1 is 1.65 bits per heavy atom. The third-order valence-electron chi connectivity index (χ3n) is 2.74. The van der Waals surface area contributed by atoms with E-state index in [1.165, 1.54) is 11.3 Å². The number of ether oxygens (including phenoxy) is 1. The van der Waals surface area contributed by atoms with Crippen molar-refractivity contribution in [1.29, 1.82) is 0 Å². The van der Waals surface area contributed by atoms with Crippen molar-refractivity contribution in [1.82, 2.24) is 4.90 Å². The maximum atomic E-state index is 12.3.